The van der Waals surface area contributed by atoms with Gasteiger partial charge in [-0.3, -0.25) is 4.79 Å². The van der Waals surface area contributed by atoms with E-state index in [4.69, 9.17) is 9.47 Å². The Morgan fingerprint density at radius 1 is 0.935 bits per heavy atom. The normalized spacial score (nSPS) is 11.0. The molecule has 0 radical (unpaired) electrons. The van der Waals surface area contributed by atoms with Gasteiger partial charge in [-0.1, -0.05) is 36.4 Å². The molecule has 0 aromatic heterocycles. The van der Waals surface area contributed by atoms with Crippen molar-refractivity contribution >= 4 is 21.6 Å². The van der Waals surface area contributed by atoms with Crippen molar-refractivity contribution in [1.29, 1.82) is 0 Å². The van der Waals surface area contributed by atoms with Crippen LogP contribution in [0.2, 0.25) is 0 Å². The second-order valence-electron chi connectivity index (χ2n) is 6.83. The number of rotatable bonds is 9. The summed E-state index contributed by atoms with van der Waals surface area (Å²) in [5, 5.41) is 2.68. The average molecular weight is 441 g/mol. The zero-order chi connectivity index (χ0) is 22.3. The lowest BCUT2D eigenvalue weighted by atomic mass is 10.2. The lowest BCUT2D eigenvalue weighted by molar-refractivity contribution is -0.118. The minimum Gasteiger partial charge on any atom is -0.493 e. The molecule has 162 valence electrons. The molecule has 2 N–H and O–H groups in total. The molecule has 0 atom stereocenters. The Labute approximate surface area is 182 Å². The zero-order valence-corrected chi connectivity index (χ0v) is 18.1. The van der Waals surface area contributed by atoms with Crippen LogP contribution >= 0.6 is 0 Å². The molecule has 1 amide bonds. The fraction of sp³-hybridized carbons (Fsp3) is 0.174. The maximum Gasteiger partial charge on any atom is 0.262 e. The van der Waals surface area contributed by atoms with Crippen LogP contribution in [0.4, 0.5) is 5.69 Å². The first-order chi connectivity index (χ1) is 14.9. The molecular formula is C23H24N2O5S. The maximum atomic E-state index is 12.5. The number of sulfonamides is 1. The molecule has 8 heteroatoms. The van der Waals surface area contributed by atoms with Crippen LogP contribution < -0.4 is 19.5 Å². The summed E-state index contributed by atoms with van der Waals surface area (Å²) < 4.78 is 38.2. The van der Waals surface area contributed by atoms with Crippen molar-refractivity contribution in [3.63, 3.8) is 0 Å². The van der Waals surface area contributed by atoms with Gasteiger partial charge in [-0.05, 0) is 54.4 Å². The number of anilines is 1. The van der Waals surface area contributed by atoms with E-state index in [0.29, 0.717) is 17.2 Å². The Morgan fingerprint density at radius 2 is 1.65 bits per heavy atom. The van der Waals surface area contributed by atoms with Gasteiger partial charge in [0.15, 0.2) is 18.1 Å². The Bertz CT molecular complexity index is 1130. The number of amides is 1. The van der Waals surface area contributed by atoms with Crippen molar-refractivity contribution in [3.05, 3.63) is 83.9 Å². The zero-order valence-electron chi connectivity index (χ0n) is 17.3. The summed E-state index contributed by atoms with van der Waals surface area (Å²) in [4.78, 5) is 12.3. The highest BCUT2D eigenvalue weighted by atomic mass is 32.2. The van der Waals surface area contributed by atoms with Gasteiger partial charge in [0.25, 0.3) is 5.91 Å². The van der Waals surface area contributed by atoms with Gasteiger partial charge < -0.3 is 14.8 Å². The van der Waals surface area contributed by atoms with Crippen LogP contribution in [0.1, 0.15) is 11.1 Å². The van der Waals surface area contributed by atoms with Gasteiger partial charge >= 0.3 is 0 Å². The van der Waals surface area contributed by atoms with E-state index in [0.717, 1.165) is 11.1 Å². The smallest absolute Gasteiger partial charge is 0.262 e. The molecule has 0 saturated heterocycles. The highest BCUT2D eigenvalue weighted by Gasteiger charge is 2.14. The minimum atomic E-state index is -3.66. The van der Waals surface area contributed by atoms with E-state index in [2.05, 4.69) is 10.0 Å². The molecule has 0 spiro atoms. The van der Waals surface area contributed by atoms with Gasteiger partial charge in [0, 0.05) is 12.2 Å². The Balaban J connectivity index is 1.55. The summed E-state index contributed by atoms with van der Waals surface area (Å²) in [6.07, 6.45) is 0. The minimum absolute atomic E-state index is 0.113. The van der Waals surface area contributed by atoms with E-state index in [1.54, 1.807) is 6.07 Å². The summed E-state index contributed by atoms with van der Waals surface area (Å²) in [7, 11) is -2.13. The van der Waals surface area contributed by atoms with Crippen molar-refractivity contribution in [2.24, 2.45) is 0 Å². The molecule has 0 aliphatic rings. The number of carbonyl (C=O) groups excluding carboxylic acids is 1. The molecule has 0 aliphatic carbocycles. The molecular weight excluding hydrogens is 416 g/mol. The third-order valence-electron chi connectivity index (χ3n) is 4.44. The number of carbonyl (C=O) groups is 1. The lowest BCUT2D eigenvalue weighted by Crippen LogP contribution is -2.23. The number of hydrogen-bond acceptors (Lipinski definition) is 5. The number of ether oxygens (including phenoxy) is 2. The van der Waals surface area contributed by atoms with Crippen molar-refractivity contribution in [1.82, 2.24) is 4.72 Å². The molecule has 7 nitrogen and oxygen atoms in total. The predicted octanol–water partition coefficient (Wildman–Crippen LogP) is 3.50. The second kappa shape index (κ2) is 10.1. The Hall–Kier alpha value is -3.36. The average Bonchev–Trinajstić information content (AvgIpc) is 2.78. The Kier molecular flexibility index (Phi) is 7.28. The van der Waals surface area contributed by atoms with Crippen molar-refractivity contribution < 1.29 is 22.7 Å². The molecule has 0 heterocycles. The number of methoxy groups -OCH3 is 1. The SMILES string of the molecule is COc1cc(C)ccc1OCC(=O)Nc1ccc(S(=O)(=O)NCc2ccccc2)cc1. The van der Waals surface area contributed by atoms with Gasteiger partial charge in [0.05, 0.1) is 12.0 Å². The summed E-state index contributed by atoms with van der Waals surface area (Å²) in [5.74, 6) is 0.639. The van der Waals surface area contributed by atoms with Crippen LogP contribution in [-0.4, -0.2) is 28.0 Å². The van der Waals surface area contributed by atoms with Gasteiger partial charge in [-0.15, -0.1) is 0 Å². The fourth-order valence-electron chi connectivity index (χ4n) is 2.81. The van der Waals surface area contributed by atoms with Gasteiger partial charge in [0.1, 0.15) is 0 Å². The monoisotopic (exact) mass is 440 g/mol. The van der Waals surface area contributed by atoms with E-state index >= 15 is 0 Å². The molecule has 0 unspecified atom stereocenters. The largest absolute Gasteiger partial charge is 0.493 e. The molecule has 0 aliphatic heterocycles. The first kappa shape index (κ1) is 22.3. The molecule has 0 bridgehead atoms. The van der Waals surface area contributed by atoms with Crippen LogP contribution in [0.15, 0.2) is 77.7 Å². The third-order valence-corrected chi connectivity index (χ3v) is 5.85. The lowest BCUT2D eigenvalue weighted by Gasteiger charge is -2.12. The van der Waals surface area contributed by atoms with Crippen molar-refractivity contribution in [2.75, 3.05) is 19.0 Å². The van der Waals surface area contributed by atoms with Crippen LogP contribution in [0.25, 0.3) is 0 Å². The van der Waals surface area contributed by atoms with Crippen LogP contribution in [0.5, 0.6) is 11.5 Å². The first-order valence-electron chi connectivity index (χ1n) is 9.58. The molecule has 3 rings (SSSR count). The second-order valence-corrected chi connectivity index (χ2v) is 8.59. The molecule has 0 fully saturated rings. The predicted molar refractivity (Wildman–Crippen MR) is 119 cm³/mol. The van der Waals surface area contributed by atoms with Crippen LogP contribution in [0, 0.1) is 6.92 Å². The Morgan fingerprint density at radius 3 is 2.32 bits per heavy atom. The topological polar surface area (TPSA) is 93.7 Å². The number of aryl methyl sites for hydroxylation is 1. The molecule has 3 aromatic rings. The summed E-state index contributed by atoms with van der Waals surface area (Å²) in [5.41, 5.74) is 2.34. The molecule has 31 heavy (non-hydrogen) atoms. The van der Waals surface area contributed by atoms with Crippen LogP contribution in [-0.2, 0) is 21.4 Å². The first-order valence-corrected chi connectivity index (χ1v) is 11.1. The fourth-order valence-corrected chi connectivity index (χ4v) is 3.83. The van der Waals surface area contributed by atoms with E-state index in [1.807, 2.05) is 49.4 Å². The summed E-state index contributed by atoms with van der Waals surface area (Å²) in [6.45, 7) is 1.92. The van der Waals surface area contributed by atoms with E-state index < -0.39 is 10.0 Å². The number of nitrogens with one attached hydrogen (secondary N) is 2. The third kappa shape index (κ3) is 6.31. The summed E-state index contributed by atoms with van der Waals surface area (Å²) >= 11 is 0. The van der Waals surface area contributed by atoms with E-state index in [1.165, 1.54) is 31.4 Å². The highest BCUT2D eigenvalue weighted by Crippen LogP contribution is 2.27. The van der Waals surface area contributed by atoms with Crippen LogP contribution in [0.3, 0.4) is 0 Å². The van der Waals surface area contributed by atoms with E-state index in [9.17, 15) is 13.2 Å². The van der Waals surface area contributed by atoms with Gasteiger partial charge in [-0.25, -0.2) is 13.1 Å². The number of benzene rings is 3. The number of hydrogen-bond donors (Lipinski definition) is 2. The maximum absolute atomic E-state index is 12.5. The molecule has 0 saturated carbocycles. The van der Waals surface area contributed by atoms with Crippen molar-refractivity contribution in [3.8, 4) is 11.5 Å². The standard InChI is InChI=1S/C23H24N2O5S/c1-17-8-13-21(22(14-17)29-2)30-16-23(26)25-19-9-11-20(12-10-19)31(27,28)24-15-18-6-4-3-5-7-18/h3-14,24H,15-16H2,1-2H3,(H,25,26). The molecule has 3 aromatic carbocycles. The quantitative estimate of drug-likeness (QED) is 0.531. The van der Waals surface area contributed by atoms with Crippen molar-refractivity contribution in [2.45, 2.75) is 18.4 Å². The van der Waals surface area contributed by atoms with Gasteiger partial charge in [0.2, 0.25) is 10.0 Å². The van der Waals surface area contributed by atoms with E-state index in [-0.39, 0.29) is 24.0 Å². The van der Waals surface area contributed by atoms with Gasteiger partial charge in [-0.2, -0.15) is 0 Å². The highest BCUT2D eigenvalue weighted by molar-refractivity contribution is 7.89. The summed E-state index contributed by atoms with van der Waals surface area (Å²) in [6, 6.07) is 20.6.